The number of morpholine rings is 1. The number of carbonyl (C=O) groups excluding carboxylic acids is 1. The van der Waals surface area contributed by atoms with Crippen molar-refractivity contribution in [1.82, 2.24) is 9.78 Å². The first-order valence-corrected chi connectivity index (χ1v) is 8.98. The van der Waals surface area contributed by atoms with Crippen molar-refractivity contribution in [2.24, 2.45) is 0 Å². The van der Waals surface area contributed by atoms with E-state index in [0.717, 1.165) is 25.2 Å². The van der Waals surface area contributed by atoms with E-state index in [2.05, 4.69) is 15.3 Å². The number of nitrogens with zero attached hydrogens (tertiary/aromatic N) is 3. The minimum atomic E-state index is -0.383. The fourth-order valence-electron chi connectivity index (χ4n) is 2.82. The van der Waals surface area contributed by atoms with Crippen LogP contribution in [-0.4, -0.2) is 42.0 Å². The zero-order valence-corrected chi connectivity index (χ0v) is 15.3. The third-order valence-electron chi connectivity index (χ3n) is 4.09. The Morgan fingerprint density at radius 1 is 1.27 bits per heavy atom. The summed E-state index contributed by atoms with van der Waals surface area (Å²) < 4.78 is 6.69. The van der Waals surface area contributed by atoms with Gasteiger partial charge in [0.25, 0.3) is 11.5 Å². The summed E-state index contributed by atoms with van der Waals surface area (Å²) in [6.45, 7) is 5.17. The Bertz CT molecular complexity index is 847. The number of hydrogen-bond donors (Lipinski definition) is 1. The molecule has 1 N–H and O–H groups in total. The molecule has 138 valence electrons. The maximum Gasteiger partial charge on any atom is 0.276 e. The highest BCUT2D eigenvalue weighted by Crippen LogP contribution is 2.30. The molecule has 1 aliphatic heterocycles. The molecule has 0 spiro atoms. The summed E-state index contributed by atoms with van der Waals surface area (Å²) >= 11 is 6.12. The van der Waals surface area contributed by atoms with Crippen molar-refractivity contribution in [2.75, 3.05) is 36.5 Å². The Balaban J connectivity index is 1.86. The number of ether oxygens (including phenoxy) is 1. The maximum absolute atomic E-state index is 12.7. The summed E-state index contributed by atoms with van der Waals surface area (Å²) in [5.74, 6) is -0.383. The van der Waals surface area contributed by atoms with Gasteiger partial charge in [0.15, 0.2) is 0 Å². The smallest absolute Gasteiger partial charge is 0.276 e. The Hall–Kier alpha value is -2.38. The van der Waals surface area contributed by atoms with Crippen molar-refractivity contribution in [3.8, 4) is 0 Å². The molecule has 0 aliphatic carbocycles. The summed E-state index contributed by atoms with van der Waals surface area (Å²) in [6.07, 6.45) is 0.757. The van der Waals surface area contributed by atoms with Gasteiger partial charge in [-0.15, -0.1) is 0 Å². The molecule has 0 atom stereocenters. The van der Waals surface area contributed by atoms with Crippen LogP contribution in [0.2, 0.25) is 5.02 Å². The lowest BCUT2D eigenvalue weighted by molar-refractivity contribution is 0.101. The predicted molar refractivity (Wildman–Crippen MR) is 101 cm³/mol. The van der Waals surface area contributed by atoms with Crippen LogP contribution >= 0.6 is 11.6 Å². The molecule has 1 aromatic carbocycles. The standard InChI is InChI=1S/C18H21ClN4O3/c1-2-7-23-17(24)6-4-14(21-23)18(25)20-15-12-13(19)3-5-16(15)22-8-10-26-11-9-22/h3-6,12H,2,7-11H2,1H3,(H,20,25). The highest BCUT2D eigenvalue weighted by atomic mass is 35.5. The Labute approximate surface area is 156 Å². The maximum atomic E-state index is 12.7. The van der Waals surface area contributed by atoms with Crippen molar-refractivity contribution in [3.05, 3.63) is 51.4 Å². The summed E-state index contributed by atoms with van der Waals surface area (Å²) in [5, 5.41) is 7.55. The van der Waals surface area contributed by atoms with E-state index in [-0.39, 0.29) is 17.2 Å². The van der Waals surface area contributed by atoms with Crippen molar-refractivity contribution in [3.63, 3.8) is 0 Å². The Morgan fingerprint density at radius 2 is 2.04 bits per heavy atom. The van der Waals surface area contributed by atoms with E-state index in [9.17, 15) is 9.59 Å². The number of benzene rings is 1. The number of carbonyl (C=O) groups is 1. The molecule has 2 heterocycles. The third-order valence-corrected chi connectivity index (χ3v) is 4.33. The van der Waals surface area contributed by atoms with Crippen LogP contribution in [0, 0.1) is 0 Å². The molecule has 0 bridgehead atoms. The van der Waals surface area contributed by atoms with E-state index in [0.29, 0.717) is 30.5 Å². The number of anilines is 2. The molecule has 1 amide bonds. The highest BCUT2D eigenvalue weighted by Gasteiger charge is 2.18. The number of nitrogens with one attached hydrogen (secondary N) is 1. The van der Waals surface area contributed by atoms with Crippen molar-refractivity contribution in [1.29, 1.82) is 0 Å². The summed E-state index contributed by atoms with van der Waals surface area (Å²) in [5.41, 5.74) is 1.46. The molecule has 26 heavy (non-hydrogen) atoms. The third kappa shape index (κ3) is 4.23. The van der Waals surface area contributed by atoms with Crippen LogP contribution in [0.5, 0.6) is 0 Å². The van der Waals surface area contributed by atoms with E-state index in [1.807, 2.05) is 13.0 Å². The first kappa shape index (κ1) is 18.4. The first-order chi connectivity index (χ1) is 12.6. The van der Waals surface area contributed by atoms with Crippen LogP contribution in [0.15, 0.2) is 35.1 Å². The van der Waals surface area contributed by atoms with Gasteiger partial charge in [0.05, 0.1) is 24.6 Å². The van der Waals surface area contributed by atoms with E-state index in [1.165, 1.54) is 16.8 Å². The molecule has 1 saturated heterocycles. The molecule has 2 aromatic rings. The van der Waals surface area contributed by atoms with Crippen LogP contribution in [-0.2, 0) is 11.3 Å². The molecular weight excluding hydrogens is 356 g/mol. The Morgan fingerprint density at radius 3 is 2.77 bits per heavy atom. The van der Waals surface area contributed by atoms with Gasteiger partial charge in [0.1, 0.15) is 5.69 Å². The van der Waals surface area contributed by atoms with Crippen molar-refractivity contribution >= 4 is 28.9 Å². The normalized spacial score (nSPS) is 14.3. The first-order valence-electron chi connectivity index (χ1n) is 8.60. The van der Waals surface area contributed by atoms with Gasteiger partial charge in [0, 0.05) is 30.7 Å². The van der Waals surface area contributed by atoms with Crippen LogP contribution in [0.3, 0.4) is 0 Å². The predicted octanol–water partition coefficient (Wildman–Crippen LogP) is 2.40. The van der Waals surface area contributed by atoms with Crippen LogP contribution in [0.25, 0.3) is 0 Å². The molecule has 7 nitrogen and oxygen atoms in total. The SMILES string of the molecule is CCCn1nc(C(=O)Nc2cc(Cl)ccc2N2CCOCC2)ccc1=O. The quantitative estimate of drug-likeness (QED) is 0.867. The van der Waals surface area contributed by atoms with Gasteiger partial charge in [-0.2, -0.15) is 5.10 Å². The number of hydrogen-bond acceptors (Lipinski definition) is 5. The molecule has 8 heteroatoms. The zero-order valence-electron chi connectivity index (χ0n) is 14.6. The Kier molecular flexibility index (Phi) is 5.90. The molecule has 0 unspecified atom stereocenters. The molecular formula is C18H21ClN4O3. The lowest BCUT2D eigenvalue weighted by atomic mass is 10.2. The second-order valence-corrected chi connectivity index (χ2v) is 6.43. The molecule has 0 saturated carbocycles. The molecule has 0 radical (unpaired) electrons. The van der Waals surface area contributed by atoms with Crippen LogP contribution < -0.4 is 15.8 Å². The van der Waals surface area contributed by atoms with Gasteiger partial charge in [-0.25, -0.2) is 4.68 Å². The highest BCUT2D eigenvalue weighted by molar-refractivity contribution is 6.31. The number of aromatic nitrogens is 2. The summed E-state index contributed by atoms with van der Waals surface area (Å²) in [4.78, 5) is 26.6. The average molecular weight is 377 g/mol. The second kappa shape index (κ2) is 8.33. The monoisotopic (exact) mass is 376 g/mol. The van der Waals surface area contributed by atoms with E-state index in [4.69, 9.17) is 16.3 Å². The van der Waals surface area contributed by atoms with Gasteiger partial charge in [-0.1, -0.05) is 18.5 Å². The number of rotatable bonds is 5. The fraction of sp³-hybridized carbons (Fsp3) is 0.389. The van der Waals surface area contributed by atoms with Gasteiger partial charge >= 0.3 is 0 Å². The van der Waals surface area contributed by atoms with Crippen molar-refractivity contribution in [2.45, 2.75) is 19.9 Å². The summed E-state index contributed by atoms with van der Waals surface area (Å²) in [7, 11) is 0. The van der Waals surface area contributed by atoms with Crippen molar-refractivity contribution < 1.29 is 9.53 Å². The van der Waals surface area contributed by atoms with E-state index >= 15 is 0 Å². The number of halogens is 1. The number of aryl methyl sites for hydroxylation is 1. The molecule has 1 aromatic heterocycles. The minimum Gasteiger partial charge on any atom is -0.378 e. The second-order valence-electron chi connectivity index (χ2n) is 5.99. The topological polar surface area (TPSA) is 76.5 Å². The minimum absolute atomic E-state index is 0.186. The zero-order chi connectivity index (χ0) is 18.5. The van der Waals surface area contributed by atoms with E-state index in [1.54, 1.807) is 12.1 Å². The summed E-state index contributed by atoms with van der Waals surface area (Å²) in [6, 6.07) is 8.18. The molecule has 1 fully saturated rings. The lowest BCUT2D eigenvalue weighted by Crippen LogP contribution is -2.36. The lowest BCUT2D eigenvalue weighted by Gasteiger charge is -2.30. The largest absolute Gasteiger partial charge is 0.378 e. The van der Waals surface area contributed by atoms with Gasteiger partial charge in [-0.3, -0.25) is 9.59 Å². The van der Waals surface area contributed by atoms with Gasteiger partial charge in [0.2, 0.25) is 0 Å². The van der Waals surface area contributed by atoms with Crippen LogP contribution in [0.4, 0.5) is 11.4 Å². The van der Waals surface area contributed by atoms with Crippen LogP contribution in [0.1, 0.15) is 23.8 Å². The average Bonchev–Trinajstić information content (AvgIpc) is 2.64. The fourth-order valence-corrected chi connectivity index (χ4v) is 2.99. The van der Waals surface area contributed by atoms with Gasteiger partial charge < -0.3 is 15.0 Å². The molecule has 1 aliphatic rings. The van der Waals surface area contributed by atoms with Gasteiger partial charge in [-0.05, 0) is 30.7 Å². The molecule has 3 rings (SSSR count). The van der Waals surface area contributed by atoms with E-state index < -0.39 is 0 Å². The number of amides is 1.